The van der Waals surface area contributed by atoms with Gasteiger partial charge in [-0.25, -0.2) is 0 Å². The highest BCUT2D eigenvalue weighted by molar-refractivity contribution is 7.99. The minimum Gasteiger partial charge on any atom is -0.469 e. The van der Waals surface area contributed by atoms with Gasteiger partial charge in [-0.1, -0.05) is 0 Å². The van der Waals surface area contributed by atoms with E-state index >= 15 is 0 Å². The van der Waals surface area contributed by atoms with Crippen molar-refractivity contribution < 1.29 is 14.3 Å². The van der Waals surface area contributed by atoms with Crippen molar-refractivity contribution in [3.05, 3.63) is 0 Å². The first kappa shape index (κ1) is 13.8. The molecular formula is C11H21NO3S. The molecule has 0 bridgehead atoms. The standard InChI is InChI=1S/C11H21NO3S/c1-14-11(13)4-8-16-9-5-12-10-2-6-15-7-3-10/h10,12H,2-9H2,1H3. The van der Waals surface area contributed by atoms with Crippen LogP contribution in [0, 0.1) is 0 Å². The van der Waals surface area contributed by atoms with Crippen molar-refractivity contribution in [1.82, 2.24) is 5.32 Å². The number of carbonyl (C=O) groups excluding carboxylic acids is 1. The fourth-order valence-corrected chi connectivity index (χ4v) is 2.37. The van der Waals surface area contributed by atoms with E-state index in [1.54, 1.807) is 11.8 Å². The number of ether oxygens (including phenoxy) is 2. The molecule has 1 fully saturated rings. The minimum atomic E-state index is -0.120. The lowest BCUT2D eigenvalue weighted by molar-refractivity contribution is -0.140. The van der Waals surface area contributed by atoms with Crippen LogP contribution < -0.4 is 5.32 Å². The molecule has 0 atom stereocenters. The van der Waals surface area contributed by atoms with Crippen molar-refractivity contribution in [1.29, 1.82) is 0 Å². The molecule has 1 saturated heterocycles. The molecular weight excluding hydrogens is 226 g/mol. The third kappa shape index (κ3) is 6.35. The van der Waals surface area contributed by atoms with E-state index in [1.165, 1.54) is 7.11 Å². The fourth-order valence-electron chi connectivity index (χ4n) is 1.60. The molecule has 94 valence electrons. The van der Waals surface area contributed by atoms with Crippen LogP contribution in [0.5, 0.6) is 0 Å². The highest BCUT2D eigenvalue weighted by Gasteiger charge is 2.11. The van der Waals surface area contributed by atoms with Gasteiger partial charge in [-0.2, -0.15) is 11.8 Å². The van der Waals surface area contributed by atoms with Crippen LogP contribution in [0.2, 0.25) is 0 Å². The summed E-state index contributed by atoms with van der Waals surface area (Å²) in [5.41, 5.74) is 0. The molecule has 1 aliphatic heterocycles. The number of methoxy groups -OCH3 is 1. The van der Waals surface area contributed by atoms with Crippen molar-refractivity contribution in [2.45, 2.75) is 25.3 Å². The van der Waals surface area contributed by atoms with E-state index in [2.05, 4.69) is 10.1 Å². The Bertz CT molecular complexity index is 196. The summed E-state index contributed by atoms with van der Waals surface area (Å²) in [6, 6.07) is 0.620. The maximum Gasteiger partial charge on any atom is 0.306 e. The summed E-state index contributed by atoms with van der Waals surface area (Å²) in [4.78, 5) is 10.8. The van der Waals surface area contributed by atoms with Crippen LogP contribution in [-0.4, -0.2) is 50.4 Å². The van der Waals surface area contributed by atoms with Gasteiger partial charge < -0.3 is 14.8 Å². The Kier molecular flexibility index (Phi) is 7.63. The molecule has 5 heteroatoms. The van der Waals surface area contributed by atoms with Crippen LogP contribution >= 0.6 is 11.8 Å². The topological polar surface area (TPSA) is 47.6 Å². The Morgan fingerprint density at radius 2 is 2.19 bits per heavy atom. The molecule has 0 amide bonds. The van der Waals surface area contributed by atoms with Gasteiger partial charge in [-0.15, -0.1) is 0 Å². The molecule has 0 unspecified atom stereocenters. The number of esters is 1. The highest BCUT2D eigenvalue weighted by Crippen LogP contribution is 2.07. The monoisotopic (exact) mass is 247 g/mol. The zero-order chi connectivity index (χ0) is 11.6. The molecule has 16 heavy (non-hydrogen) atoms. The van der Waals surface area contributed by atoms with Crippen LogP contribution in [0.4, 0.5) is 0 Å². The first-order valence-corrected chi connectivity index (χ1v) is 6.94. The van der Waals surface area contributed by atoms with Gasteiger partial charge in [0.05, 0.1) is 13.5 Å². The second-order valence-electron chi connectivity index (χ2n) is 3.78. The van der Waals surface area contributed by atoms with Crippen LogP contribution in [0.3, 0.4) is 0 Å². The van der Waals surface area contributed by atoms with Crippen LogP contribution in [-0.2, 0) is 14.3 Å². The van der Waals surface area contributed by atoms with E-state index in [0.29, 0.717) is 12.5 Å². The van der Waals surface area contributed by atoms with Crippen molar-refractivity contribution in [2.24, 2.45) is 0 Å². The Labute approximate surface area is 101 Å². The fraction of sp³-hybridized carbons (Fsp3) is 0.909. The average molecular weight is 247 g/mol. The SMILES string of the molecule is COC(=O)CCSCCNC1CCOCC1. The lowest BCUT2D eigenvalue weighted by atomic mass is 10.1. The molecule has 1 heterocycles. The third-order valence-corrected chi connectivity index (χ3v) is 3.56. The zero-order valence-electron chi connectivity index (χ0n) is 9.87. The smallest absolute Gasteiger partial charge is 0.306 e. The van der Waals surface area contributed by atoms with Gasteiger partial charge in [-0.05, 0) is 12.8 Å². The molecule has 4 nitrogen and oxygen atoms in total. The normalized spacial score (nSPS) is 17.3. The maximum absolute atomic E-state index is 10.8. The van der Waals surface area contributed by atoms with Crippen LogP contribution in [0.25, 0.3) is 0 Å². The number of rotatable bonds is 7. The third-order valence-electron chi connectivity index (χ3n) is 2.58. The van der Waals surface area contributed by atoms with Crippen molar-refractivity contribution >= 4 is 17.7 Å². The number of carbonyl (C=O) groups is 1. The molecule has 0 aliphatic carbocycles. The summed E-state index contributed by atoms with van der Waals surface area (Å²) in [5.74, 6) is 1.78. The summed E-state index contributed by atoms with van der Waals surface area (Å²) in [5, 5.41) is 3.51. The predicted octanol–water partition coefficient (Wildman–Crippen LogP) is 1.05. The molecule has 1 N–H and O–H groups in total. The van der Waals surface area contributed by atoms with Gasteiger partial charge in [-0.3, -0.25) is 4.79 Å². The van der Waals surface area contributed by atoms with Gasteiger partial charge in [0.25, 0.3) is 0 Å². The van der Waals surface area contributed by atoms with E-state index < -0.39 is 0 Å². The summed E-state index contributed by atoms with van der Waals surface area (Å²) in [6.07, 6.45) is 2.75. The summed E-state index contributed by atoms with van der Waals surface area (Å²) >= 11 is 1.79. The number of nitrogens with one attached hydrogen (secondary N) is 1. The lowest BCUT2D eigenvalue weighted by Gasteiger charge is -2.23. The Balaban J connectivity index is 1.85. The van der Waals surface area contributed by atoms with Crippen molar-refractivity contribution in [3.8, 4) is 0 Å². The maximum atomic E-state index is 10.8. The van der Waals surface area contributed by atoms with E-state index in [0.717, 1.165) is 44.1 Å². The molecule has 0 saturated carbocycles. The first-order valence-electron chi connectivity index (χ1n) is 5.78. The quantitative estimate of drug-likeness (QED) is 0.538. The molecule has 0 aromatic carbocycles. The lowest BCUT2D eigenvalue weighted by Crippen LogP contribution is -2.36. The Hall–Kier alpha value is -0.260. The largest absolute Gasteiger partial charge is 0.469 e. The molecule has 0 aromatic heterocycles. The minimum absolute atomic E-state index is 0.120. The zero-order valence-corrected chi connectivity index (χ0v) is 10.7. The second-order valence-corrected chi connectivity index (χ2v) is 5.00. The molecule has 0 aromatic rings. The van der Waals surface area contributed by atoms with Gasteiger partial charge in [0, 0.05) is 37.3 Å². The molecule has 1 aliphatic rings. The van der Waals surface area contributed by atoms with E-state index in [4.69, 9.17) is 4.74 Å². The van der Waals surface area contributed by atoms with Gasteiger partial charge >= 0.3 is 5.97 Å². The molecule has 0 spiro atoms. The average Bonchev–Trinajstić information content (AvgIpc) is 2.34. The first-order chi connectivity index (χ1) is 7.83. The summed E-state index contributed by atoms with van der Waals surface area (Å²) in [6.45, 7) is 2.77. The Morgan fingerprint density at radius 1 is 1.44 bits per heavy atom. The van der Waals surface area contributed by atoms with Gasteiger partial charge in [0.15, 0.2) is 0 Å². The highest BCUT2D eigenvalue weighted by atomic mass is 32.2. The van der Waals surface area contributed by atoms with E-state index in [1.807, 2.05) is 0 Å². The number of thioether (sulfide) groups is 1. The van der Waals surface area contributed by atoms with Crippen LogP contribution in [0.1, 0.15) is 19.3 Å². The van der Waals surface area contributed by atoms with E-state index in [-0.39, 0.29) is 5.97 Å². The van der Waals surface area contributed by atoms with Crippen LogP contribution in [0.15, 0.2) is 0 Å². The molecule has 1 rings (SSSR count). The summed E-state index contributed by atoms with van der Waals surface area (Å²) < 4.78 is 9.86. The number of hydrogen-bond acceptors (Lipinski definition) is 5. The number of hydrogen-bond donors (Lipinski definition) is 1. The van der Waals surface area contributed by atoms with E-state index in [9.17, 15) is 4.79 Å². The Morgan fingerprint density at radius 3 is 2.88 bits per heavy atom. The van der Waals surface area contributed by atoms with Gasteiger partial charge in [0.2, 0.25) is 0 Å². The second kappa shape index (κ2) is 8.84. The van der Waals surface area contributed by atoms with Gasteiger partial charge in [0.1, 0.15) is 0 Å². The molecule has 0 radical (unpaired) electrons. The summed E-state index contributed by atoms with van der Waals surface area (Å²) in [7, 11) is 1.43. The van der Waals surface area contributed by atoms with Crippen molar-refractivity contribution in [3.63, 3.8) is 0 Å². The van der Waals surface area contributed by atoms with Crippen molar-refractivity contribution in [2.75, 3.05) is 38.4 Å². The predicted molar refractivity (Wildman–Crippen MR) is 65.8 cm³/mol.